The van der Waals surface area contributed by atoms with Crippen molar-refractivity contribution in [3.05, 3.63) is 28.9 Å². The van der Waals surface area contributed by atoms with Crippen molar-refractivity contribution >= 4 is 34.2 Å². The Morgan fingerprint density at radius 1 is 1.56 bits per heavy atom. The first kappa shape index (κ1) is 12.3. The molecule has 0 unspecified atom stereocenters. The highest BCUT2D eigenvalue weighted by Gasteiger charge is 2.14. The third-order valence-electron chi connectivity index (χ3n) is 2.69. The fourth-order valence-electron chi connectivity index (χ4n) is 1.98. The van der Waals surface area contributed by atoms with E-state index in [1.165, 1.54) is 0 Å². The maximum Gasteiger partial charge on any atom is 0.323 e. The Kier molecular flexibility index (Phi) is 3.13. The number of halogens is 1. The number of carbonyl (C=O) groups is 1. The molecule has 0 saturated heterocycles. The van der Waals surface area contributed by atoms with Gasteiger partial charge in [-0.15, -0.1) is 0 Å². The highest BCUT2D eigenvalue weighted by molar-refractivity contribution is 6.34. The Labute approximate surface area is 108 Å². The molecule has 0 fully saturated rings. The van der Waals surface area contributed by atoms with E-state index < -0.39 is 5.97 Å². The monoisotopic (exact) mass is 263 g/mol. The minimum absolute atomic E-state index is 0.160. The molecule has 5 nitrogen and oxygen atoms in total. The van der Waals surface area contributed by atoms with Gasteiger partial charge in [0.25, 0.3) is 0 Å². The molecule has 0 bridgehead atoms. The highest BCUT2D eigenvalue weighted by Crippen LogP contribution is 2.32. The number of benzene rings is 1. The molecule has 18 heavy (non-hydrogen) atoms. The zero-order chi connectivity index (χ0) is 13.3. The lowest BCUT2D eigenvalue weighted by Gasteiger charge is -2.04. The summed E-state index contributed by atoms with van der Waals surface area (Å²) in [6.45, 7) is -0.178. The van der Waals surface area contributed by atoms with Gasteiger partial charge < -0.3 is 15.4 Å². The van der Waals surface area contributed by atoms with Gasteiger partial charge >= 0.3 is 5.97 Å². The van der Waals surface area contributed by atoms with Gasteiger partial charge in [-0.25, -0.2) is 0 Å². The number of aromatic nitrogens is 1. The Hall–Kier alpha value is -2.19. The van der Waals surface area contributed by atoms with Crippen LogP contribution in [0, 0.1) is 11.3 Å². The lowest BCUT2D eigenvalue weighted by Crippen LogP contribution is -2.07. The lowest BCUT2D eigenvalue weighted by molar-refractivity contribution is -0.137. The van der Waals surface area contributed by atoms with E-state index >= 15 is 0 Å². The minimum atomic E-state index is -0.955. The average Bonchev–Trinajstić information content (AvgIpc) is 2.62. The van der Waals surface area contributed by atoms with Crippen molar-refractivity contribution in [2.45, 2.75) is 13.0 Å². The average molecular weight is 264 g/mol. The Balaban J connectivity index is 2.72. The van der Waals surface area contributed by atoms with Crippen molar-refractivity contribution in [2.75, 3.05) is 5.73 Å². The number of aliphatic carboxylic acids is 1. The molecule has 0 radical (unpaired) electrons. The fraction of sp³-hybridized carbons (Fsp3) is 0.167. The van der Waals surface area contributed by atoms with Crippen LogP contribution in [-0.4, -0.2) is 15.6 Å². The van der Waals surface area contributed by atoms with Crippen LogP contribution in [0.25, 0.3) is 10.9 Å². The van der Waals surface area contributed by atoms with E-state index in [1.54, 1.807) is 22.9 Å². The molecule has 0 aliphatic heterocycles. The van der Waals surface area contributed by atoms with E-state index in [0.717, 1.165) is 0 Å². The zero-order valence-corrected chi connectivity index (χ0v) is 10.1. The summed E-state index contributed by atoms with van der Waals surface area (Å²) >= 11 is 5.94. The molecule has 0 spiro atoms. The summed E-state index contributed by atoms with van der Waals surface area (Å²) < 4.78 is 1.55. The van der Waals surface area contributed by atoms with Crippen molar-refractivity contribution in [1.29, 1.82) is 5.26 Å². The maximum atomic E-state index is 10.8. The molecular formula is C12H10ClN3O2. The maximum absolute atomic E-state index is 10.8. The number of nitrogens with two attached hydrogens (primary N) is 1. The van der Waals surface area contributed by atoms with Crippen LogP contribution < -0.4 is 5.73 Å². The zero-order valence-electron chi connectivity index (χ0n) is 9.35. The van der Waals surface area contributed by atoms with Crippen molar-refractivity contribution in [2.24, 2.45) is 0 Å². The summed E-state index contributed by atoms with van der Waals surface area (Å²) in [6.07, 6.45) is 1.79. The van der Waals surface area contributed by atoms with Gasteiger partial charge in [-0.3, -0.25) is 4.79 Å². The number of nitrogen functional groups attached to an aromatic ring is 1. The molecule has 92 valence electrons. The molecule has 0 aliphatic carbocycles. The van der Waals surface area contributed by atoms with Crippen LogP contribution in [-0.2, 0) is 17.8 Å². The topological polar surface area (TPSA) is 92.0 Å². The largest absolute Gasteiger partial charge is 0.480 e. The molecule has 0 aliphatic rings. The summed E-state index contributed by atoms with van der Waals surface area (Å²) in [6, 6.07) is 5.36. The molecule has 1 aromatic carbocycles. The predicted octanol–water partition coefficient (Wildman–Crippen LogP) is 2.03. The number of nitriles is 1. The van der Waals surface area contributed by atoms with E-state index in [0.29, 0.717) is 27.2 Å². The summed E-state index contributed by atoms with van der Waals surface area (Å²) in [5.41, 5.74) is 7.63. The van der Waals surface area contributed by atoms with Gasteiger partial charge in [0.1, 0.15) is 6.54 Å². The molecule has 0 amide bonds. The number of hydrogen-bond acceptors (Lipinski definition) is 3. The molecular weight excluding hydrogens is 254 g/mol. The summed E-state index contributed by atoms with van der Waals surface area (Å²) in [5, 5.41) is 18.7. The quantitative estimate of drug-likeness (QED) is 0.829. The van der Waals surface area contributed by atoms with E-state index in [1.807, 2.05) is 6.07 Å². The first-order valence-electron chi connectivity index (χ1n) is 5.19. The normalized spacial score (nSPS) is 10.4. The third kappa shape index (κ3) is 1.98. The lowest BCUT2D eigenvalue weighted by atomic mass is 10.1. The predicted molar refractivity (Wildman–Crippen MR) is 68.3 cm³/mol. The summed E-state index contributed by atoms with van der Waals surface area (Å²) in [4.78, 5) is 10.8. The smallest absolute Gasteiger partial charge is 0.323 e. The fourth-order valence-corrected chi connectivity index (χ4v) is 2.13. The van der Waals surface area contributed by atoms with Gasteiger partial charge in [0.15, 0.2) is 0 Å². The Morgan fingerprint density at radius 3 is 2.89 bits per heavy atom. The molecule has 0 saturated carbocycles. The van der Waals surface area contributed by atoms with Crippen molar-refractivity contribution in [3.8, 4) is 6.07 Å². The van der Waals surface area contributed by atoms with Crippen LogP contribution in [0.2, 0.25) is 5.02 Å². The standard InChI is InChI=1S/C12H10ClN3O2/c13-8-1-2-9-11(12(8)15)7(3-4-14)5-16(9)6-10(17)18/h1-2,5H,3,6,15H2,(H,17,18). The third-order valence-corrected chi connectivity index (χ3v) is 3.02. The van der Waals surface area contributed by atoms with Gasteiger partial charge in [-0.05, 0) is 17.7 Å². The van der Waals surface area contributed by atoms with Crippen molar-refractivity contribution in [3.63, 3.8) is 0 Å². The van der Waals surface area contributed by atoms with Crippen LogP contribution in [0.1, 0.15) is 5.56 Å². The Morgan fingerprint density at radius 2 is 2.28 bits per heavy atom. The second-order valence-electron chi connectivity index (χ2n) is 3.87. The first-order valence-corrected chi connectivity index (χ1v) is 5.57. The second-order valence-corrected chi connectivity index (χ2v) is 4.27. The number of fused-ring (bicyclic) bond motifs is 1. The van der Waals surface area contributed by atoms with Gasteiger partial charge in [-0.1, -0.05) is 11.6 Å². The highest BCUT2D eigenvalue weighted by atomic mass is 35.5. The second kappa shape index (κ2) is 4.59. The minimum Gasteiger partial charge on any atom is -0.480 e. The SMILES string of the molecule is N#CCc1cn(CC(=O)O)c2ccc(Cl)c(N)c12. The molecule has 6 heteroatoms. The van der Waals surface area contributed by atoms with Crippen LogP contribution in [0.5, 0.6) is 0 Å². The van der Waals surface area contributed by atoms with E-state index in [-0.39, 0.29) is 13.0 Å². The van der Waals surface area contributed by atoms with Crippen LogP contribution in [0.3, 0.4) is 0 Å². The van der Waals surface area contributed by atoms with Crippen LogP contribution in [0.15, 0.2) is 18.3 Å². The molecule has 1 heterocycles. The summed E-state index contributed by atoms with van der Waals surface area (Å²) in [7, 11) is 0. The van der Waals surface area contributed by atoms with Crippen LogP contribution >= 0.6 is 11.6 Å². The van der Waals surface area contributed by atoms with E-state index in [9.17, 15) is 4.79 Å². The number of carboxylic acid groups (broad SMARTS) is 1. The van der Waals surface area contributed by atoms with Crippen molar-refractivity contribution in [1.82, 2.24) is 4.57 Å². The van der Waals surface area contributed by atoms with Gasteiger partial charge in [0.05, 0.1) is 28.7 Å². The Bertz CT molecular complexity index is 670. The van der Waals surface area contributed by atoms with Gasteiger partial charge in [0, 0.05) is 11.6 Å². The number of hydrogen-bond donors (Lipinski definition) is 2. The molecule has 2 aromatic rings. The molecule has 3 N–H and O–H groups in total. The number of nitrogens with zero attached hydrogens (tertiary/aromatic N) is 2. The van der Waals surface area contributed by atoms with E-state index in [2.05, 4.69) is 0 Å². The molecule has 2 rings (SSSR count). The summed E-state index contributed by atoms with van der Waals surface area (Å²) in [5.74, 6) is -0.955. The van der Waals surface area contributed by atoms with Crippen LogP contribution in [0.4, 0.5) is 5.69 Å². The van der Waals surface area contributed by atoms with Crippen molar-refractivity contribution < 1.29 is 9.90 Å². The number of anilines is 1. The number of carboxylic acids is 1. The number of rotatable bonds is 3. The first-order chi connectivity index (χ1) is 8.54. The van der Waals surface area contributed by atoms with Gasteiger partial charge in [-0.2, -0.15) is 5.26 Å². The molecule has 0 atom stereocenters. The molecule has 1 aromatic heterocycles. The van der Waals surface area contributed by atoms with Gasteiger partial charge in [0.2, 0.25) is 0 Å². The van der Waals surface area contributed by atoms with E-state index in [4.69, 9.17) is 27.7 Å².